The number of rotatable bonds is 3. The second kappa shape index (κ2) is 4.84. The summed E-state index contributed by atoms with van der Waals surface area (Å²) in [6.07, 6.45) is 5.67. The Labute approximate surface area is 101 Å². The van der Waals surface area contributed by atoms with Crippen LogP contribution in [0.4, 0.5) is 0 Å². The van der Waals surface area contributed by atoms with Gasteiger partial charge in [-0.3, -0.25) is 0 Å². The van der Waals surface area contributed by atoms with Crippen molar-refractivity contribution in [3.05, 3.63) is 47.5 Å². The van der Waals surface area contributed by atoms with E-state index in [0.29, 0.717) is 5.56 Å². The zero-order chi connectivity index (χ0) is 12.3. The second-order valence-electron chi connectivity index (χ2n) is 4.10. The summed E-state index contributed by atoms with van der Waals surface area (Å²) in [5.41, 5.74) is 2.71. The Kier molecular flexibility index (Phi) is 3.24. The molecule has 17 heavy (non-hydrogen) atoms. The van der Waals surface area contributed by atoms with Crippen LogP contribution in [0.3, 0.4) is 0 Å². The Morgan fingerprint density at radius 2 is 2.24 bits per heavy atom. The van der Waals surface area contributed by atoms with E-state index in [1.54, 1.807) is 6.20 Å². The van der Waals surface area contributed by atoms with Crippen LogP contribution in [-0.2, 0) is 6.42 Å². The summed E-state index contributed by atoms with van der Waals surface area (Å²) < 4.78 is 2.00. The third kappa shape index (κ3) is 2.21. The average Bonchev–Trinajstić information content (AvgIpc) is 2.77. The SMILES string of the molecule is CCCc1nccn1-c1ccc(C)cc1C#N. The lowest BCUT2D eigenvalue weighted by Crippen LogP contribution is -2.02. The molecule has 0 bridgehead atoms. The molecule has 0 aliphatic carbocycles. The lowest BCUT2D eigenvalue weighted by Gasteiger charge is -2.09. The minimum absolute atomic E-state index is 0.695. The van der Waals surface area contributed by atoms with Crippen molar-refractivity contribution in [3.63, 3.8) is 0 Å². The average molecular weight is 225 g/mol. The molecule has 86 valence electrons. The summed E-state index contributed by atoms with van der Waals surface area (Å²) >= 11 is 0. The normalized spacial score (nSPS) is 10.2. The summed E-state index contributed by atoms with van der Waals surface area (Å²) in [6.45, 7) is 4.12. The highest BCUT2D eigenvalue weighted by molar-refractivity contribution is 5.51. The molecule has 0 radical (unpaired) electrons. The molecule has 3 heteroatoms. The number of hydrogen-bond acceptors (Lipinski definition) is 2. The minimum atomic E-state index is 0.695. The van der Waals surface area contributed by atoms with E-state index in [9.17, 15) is 5.26 Å². The molecular weight excluding hydrogens is 210 g/mol. The zero-order valence-corrected chi connectivity index (χ0v) is 10.1. The fourth-order valence-corrected chi connectivity index (χ4v) is 1.91. The Morgan fingerprint density at radius 1 is 1.41 bits per heavy atom. The summed E-state index contributed by atoms with van der Waals surface area (Å²) in [5, 5.41) is 9.18. The van der Waals surface area contributed by atoms with E-state index >= 15 is 0 Å². The number of hydrogen-bond donors (Lipinski definition) is 0. The van der Waals surface area contributed by atoms with Gasteiger partial charge in [0.2, 0.25) is 0 Å². The van der Waals surface area contributed by atoms with Crippen molar-refractivity contribution in [2.24, 2.45) is 0 Å². The van der Waals surface area contributed by atoms with Crippen molar-refractivity contribution in [2.75, 3.05) is 0 Å². The largest absolute Gasteiger partial charge is 0.302 e. The first-order valence-electron chi connectivity index (χ1n) is 5.79. The highest BCUT2D eigenvalue weighted by Gasteiger charge is 2.08. The highest BCUT2D eigenvalue weighted by atomic mass is 15.1. The summed E-state index contributed by atoms with van der Waals surface area (Å²) in [4.78, 5) is 4.33. The van der Waals surface area contributed by atoms with Crippen LogP contribution in [0.15, 0.2) is 30.6 Å². The predicted octanol–water partition coefficient (Wildman–Crippen LogP) is 3.00. The number of benzene rings is 1. The van der Waals surface area contributed by atoms with Gasteiger partial charge in [0.1, 0.15) is 11.9 Å². The van der Waals surface area contributed by atoms with Crippen LogP contribution >= 0.6 is 0 Å². The lowest BCUT2D eigenvalue weighted by atomic mass is 10.1. The topological polar surface area (TPSA) is 41.6 Å². The van der Waals surface area contributed by atoms with E-state index in [0.717, 1.165) is 29.9 Å². The molecule has 0 aliphatic rings. The predicted molar refractivity (Wildman–Crippen MR) is 67.0 cm³/mol. The van der Waals surface area contributed by atoms with Crippen molar-refractivity contribution in [1.82, 2.24) is 9.55 Å². The standard InChI is InChI=1S/C14H15N3/c1-3-4-14-16-7-8-17(14)13-6-5-11(2)9-12(13)10-15/h5-9H,3-4H2,1-2H3. The van der Waals surface area contributed by atoms with Crippen LogP contribution in [0.2, 0.25) is 0 Å². The molecule has 0 N–H and O–H groups in total. The fraction of sp³-hybridized carbons (Fsp3) is 0.286. The van der Waals surface area contributed by atoms with Crippen molar-refractivity contribution in [1.29, 1.82) is 5.26 Å². The van der Waals surface area contributed by atoms with Crippen molar-refractivity contribution < 1.29 is 0 Å². The quantitative estimate of drug-likeness (QED) is 0.805. The molecule has 0 saturated heterocycles. The summed E-state index contributed by atoms with van der Waals surface area (Å²) in [7, 11) is 0. The number of imidazole rings is 1. The van der Waals surface area contributed by atoms with Gasteiger partial charge in [0, 0.05) is 18.8 Å². The monoisotopic (exact) mass is 225 g/mol. The van der Waals surface area contributed by atoms with E-state index in [1.165, 1.54) is 0 Å². The third-order valence-electron chi connectivity index (χ3n) is 2.72. The van der Waals surface area contributed by atoms with Crippen LogP contribution in [0, 0.1) is 18.3 Å². The summed E-state index contributed by atoms with van der Waals surface area (Å²) in [5.74, 6) is 1.01. The van der Waals surface area contributed by atoms with Gasteiger partial charge in [-0.1, -0.05) is 13.0 Å². The van der Waals surface area contributed by atoms with Gasteiger partial charge in [0.05, 0.1) is 11.3 Å². The van der Waals surface area contributed by atoms with E-state index in [4.69, 9.17) is 0 Å². The molecule has 0 atom stereocenters. The Hall–Kier alpha value is -2.08. The molecule has 1 aromatic carbocycles. The van der Waals surface area contributed by atoms with Gasteiger partial charge in [-0.05, 0) is 31.0 Å². The molecule has 0 unspecified atom stereocenters. The van der Waals surface area contributed by atoms with Crippen LogP contribution in [0.25, 0.3) is 5.69 Å². The number of aryl methyl sites for hydroxylation is 2. The molecule has 1 heterocycles. The van der Waals surface area contributed by atoms with Crippen molar-refractivity contribution in [3.8, 4) is 11.8 Å². The Morgan fingerprint density at radius 3 is 2.94 bits per heavy atom. The minimum Gasteiger partial charge on any atom is -0.302 e. The Bertz CT molecular complexity index is 561. The smallest absolute Gasteiger partial charge is 0.113 e. The van der Waals surface area contributed by atoms with Gasteiger partial charge in [-0.25, -0.2) is 4.98 Å². The van der Waals surface area contributed by atoms with E-state index in [2.05, 4.69) is 18.0 Å². The molecule has 0 amide bonds. The third-order valence-corrected chi connectivity index (χ3v) is 2.72. The molecule has 2 aromatic rings. The molecule has 2 rings (SSSR count). The molecule has 1 aromatic heterocycles. The molecule has 3 nitrogen and oxygen atoms in total. The first kappa shape index (κ1) is 11.4. The maximum atomic E-state index is 9.18. The van der Waals surface area contributed by atoms with E-state index in [1.807, 2.05) is 35.9 Å². The van der Waals surface area contributed by atoms with Crippen LogP contribution in [0.1, 0.15) is 30.3 Å². The number of nitriles is 1. The highest BCUT2D eigenvalue weighted by Crippen LogP contribution is 2.18. The molecule has 0 aliphatic heterocycles. The summed E-state index contributed by atoms with van der Waals surface area (Å²) in [6, 6.07) is 8.15. The zero-order valence-electron chi connectivity index (χ0n) is 10.1. The number of aromatic nitrogens is 2. The van der Waals surface area contributed by atoms with E-state index in [-0.39, 0.29) is 0 Å². The molecular formula is C14H15N3. The van der Waals surface area contributed by atoms with Crippen molar-refractivity contribution in [2.45, 2.75) is 26.7 Å². The van der Waals surface area contributed by atoms with Gasteiger partial charge in [0.25, 0.3) is 0 Å². The van der Waals surface area contributed by atoms with Gasteiger partial charge in [-0.15, -0.1) is 0 Å². The van der Waals surface area contributed by atoms with E-state index < -0.39 is 0 Å². The van der Waals surface area contributed by atoms with Crippen LogP contribution < -0.4 is 0 Å². The van der Waals surface area contributed by atoms with Gasteiger partial charge >= 0.3 is 0 Å². The molecule has 0 spiro atoms. The first-order valence-corrected chi connectivity index (χ1v) is 5.79. The van der Waals surface area contributed by atoms with Crippen LogP contribution in [0.5, 0.6) is 0 Å². The first-order chi connectivity index (χ1) is 8.26. The van der Waals surface area contributed by atoms with Gasteiger partial charge in [-0.2, -0.15) is 5.26 Å². The van der Waals surface area contributed by atoms with Crippen LogP contribution in [-0.4, -0.2) is 9.55 Å². The lowest BCUT2D eigenvalue weighted by molar-refractivity contribution is 0.808. The second-order valence-corrected chi connectivity index (χ2v) is 4.10. The molecule has 0 fully saturated rings. The van der Waals surface area contributed by atoms with Crippen molar-refractivity contribution >= 4 is 0 Å². The maximum Gasteiger partial charge on any atom is 0.113 e. The Balaban J connectivity index is 2.53. The fourth-order valence-electron chi connectivity index (χ4n) is 1.91. The maximum absolute atomic E-state index is 9.18. The van der Waals surface area contributed by atoms with Gasteiger partial charge < -0.3 is 4.57 Å². The number of nitrogens with zero attached hydrogens (tertiary/aromatic N) is 3. The molecule has 0 saturated carbocycles. The van der Waals surface area contributed by atoms with Gasteiger partial charge in [0.15, 0.2) is 0 Å².